The van der Waals surface area contributed by atoms with Gasteiger partial charge in [-0.15, -0.1) is 0 Å². The Hall–Kier alpha value is -1.47. The number of sulfonamides is 1. The van der Waals surface area contributed by atoms with Gasteiger partial charge in [0.2, 0.25) is 0 Å². The topological polar surface area (TPSA) is 87.6 Å². The van der Waals surface area contributed by atoms with Crippen LogP contribution < -0.4 is 0 Å². The van der Waals surface area contributed by atoms with Gasteiger partial charge in [-0.1, -0.05) is 18.9 Å². The van der Waals surface area contributed by atoms with Gasteiger partial charge in [-0.05, 0) is 31.4 Å². The summed E-state index contributed by atoms with van der Waals surface area (Å²) in [6.07, 6.45) is 4.94. The van der Waals surface area contributed by atoms with Gasteiger partial charge in [0.05, 0.1) is 0 Å². The Labute approximate surface area is 123 Å². The van der Waals surface area contributed by atoms with Gasteiger partial charge in [0.1, 0.15) is 6.04 Å². The average molecular weight is 310 g/mol. The molecule has 1 aromatic heterocycles. The molecule has 7 heteroatoms. The number of nitrogens with zero attached hydrogens (tertiary/aromatic N) is 2. The normalized spacial score (nSPS) is 24.9. The van der Waals surface area contributed by atoms with Crippen LogP contribution >= 0.6 is 0 Å². The van der Waals surface area contributed by atoms with E-state index in [1.165, 1.54) is 6.20 Å². The summed E-state index contributed by atoms with van der Waals surface area (Å²) in [5, 5.41) is 9.44. The molecule has 1 saturated carbocycles. The van der Waals surface area contributed by atoms with Crippen LogP contribution in [-0.4, -0.2) is 41.4 Å². The Morgan fingerprint density at radius 3 is 2.67 bits per heavy atom. The smallest absolute Gasteiger partial charge is 0.322 e. The highest BCUT2D eigenvalue weighted by Gasteiger charge is 2.61. The van der Waals surface area contributed by atoms with Crippen molar-refractivity contribution in [1.82, 2.24) is 9.29 Å². The molecule has 6 nitrogen and oxygen atoms in total. The van der Waals surface area contributed by atoms with Crippen molar-refractivity contribution in [2.45, 2.75) is 43.7 Å². The van der Waals surface area contributed by atoms with Crippen LogP contribution in [0.5, 0.6) is 0 Å². The van der Waals surface area contributed by atoms with Gasteiger partial charge in [-0.2, -0.15) is 4.31 Å². The minimum absolute atomic E-state index is 0.0379. The van der Waals surface area contributed by atoms with E-state index in [1.807, 2.05) is 0 Å². The summed E-state index contributed by atoms with van der Waals surface area (Å²) in [4.78, 5) is 15.5. The highest BCUT2D eigenvalue weighted by atomic mass is 32.2. The van der Waals surface area contributed by atoms with Crippen molar-refractivity contribution < 1.29 is 18.3 Å². The van der Waals surface area contributed by atoms with Gasteiger partial charge < -0.3 is 5.11 Å². The zero-order valence-corrected chi connectivity index (χ0v) is 12.6. The van der Waals surface area contributed by atoms with Crippen LogP contribution in [0.3, 0.4) is 0 Å². The van der Waals surface area contributed by atoms with Crippen molar-refractivity contribution in [1.29, 1.82) is 0 Å². The maximum Gasteiger partial charge on any atom is 0.322 e. The highest BCUT2D eigenvalue weighted by molar-refractivity contribution is 7.89. The first kappa shape index (κ1) is 14.5. The molecule has 0 bridgehead atoms. The standard InChI is InChI=1S/C14H18N2O4S/c1-10-5-4-8-15-12(10)21(19,20)16-9-14(6-2-3-7-14)11(16)13(17)18/h4-5,8,11H,2-3,6-7,9H2,1H3,(H,17,18). The van der Waals surface area contributed by atoms with Gasteiger partial charge in [-0.3, -0.25) is 4.79 Å². The van der Waals surface area contributed by atoms with E-state index in [2.05, 4.69) is 4.98 Å². The Bertz CT molecular complexity index is 680. The fourth-order valence-electron chi connectivity index (χ4n) is 3.65. The summed E-state index contributed by atoms with van der Waals surface area (Å²) in [5.41, 5.74) is 0.163. The van der Waals surface area contributed by atoms with Gasteiger partial charge in [0.25, 0.3) is 10.0 Å². The fraction of sp³-hybridized carbons (Fsp3) is 0.571. The molecule has 3 rings (SSSR count). The van der Waals surface area contributed by atoms with E-state index in [4.69, 9.17) is 0 Å². The molecule has 0 amide bonds. The van der Waals surface area contributed by atoms with Crippen molar-refractivity contribution in [2.24, 2.45) is 5.41 Å². The molecule has 0 radical (unpaired) electrons. The molecule has 1 N–H and O–H groups in total. The number of aliphatic carboxylic acids is 1. The lowest BCUT2D eigenvalue weighted by atomic mass is 9.72. The van der Waals surface area contributed by atoms with Crippen molar-refractivity contribution in [3.05, 3.63) is 23.9 Å². The number of carboxylic acids is 1. The summed E-state index contributed by atoms with van der Waals surface area (Å²) >= 11 is 0. The monoisotopic (exact) mass is 310 g/mol. The van der Waals surface area contributed by atoms with Gasteiger partial charge in [-0.25, -0.2) is 13.4 Å². The van der Waals surface area contributed by atoms with Crippen LogP contribution in [0.2, 0.25) is 0 Å². The van der Waals surface area contributed by atoms with Crippen LogP contribution in [0.1, 0.15) is 31.2 Å². The van der Waals surface area contributed by atoms with Crippen LogP contribution in [0.15, 0.2) is 23.4 Å². The van der Waals surface area contributed by atoms with Crippen molar-refractivity contribution in [2.75, 3.05) is 6.54 Å². The molecule has 1 aliphatic carbocycles. The molecular formula is C14H18N2O4S. The van der Waals surface area contributed by atoms with Gasteiger partial charge in [0, 0.05) is 18.2 Å². The quantitative estimate of drug-likeness (QED) is 0.912. The average Bonchev–Trinajstić information content (AvgIpc) is 2.86. The van der Waals surface area contributed by atoms with Crippen molar-refractivity contribution >= 4 is 16.0 Å². The predicted octanol–water partition coefficient (Wildman–Crippen LogP) is 1.41. The number of carboxylic acid groups (broad SMARTS) is 1. The molecule has 2 fully saturated rings. The first-order chi connectivity index (χ1) is 9.88. The Morgan fingerprint density at radius 1 is 1.43 bits per heavy atom. The summed E-state index contributed by atoms with van der Waals surface area (Å²) < 4.78 is 26.5. The summed E-state index contributed by atoms with van der Waals surface area (Å²) in [5.74, 6) is -1.06. The zero-order chi connectivity index (χ0) is 15.3. The van der Waals surface area contributed by atoms with E-state index in [-0.39, 0.29) is 10.4 Å². The lowest BCUT2D eigenvalue weighted by Gasteiger charge is -2.52. The minimum atomic E-state index is -3.85. The lowest BCUT2D eigenvalue weighted by molar-refractivity contribution is -0.155. The largest absolute Gasteiger partial charge is 0.480 e. The number of hydrogen-bond donors (Lipinski definition) is 1. The summed E-state index contributed by atoms with van der Waals surface area (Å²) in [6.45, 7) is 1.96. The van der Waals surface area contributed by atoms with Crippen molar-refractivity contribution in [3.63, 3.8) is 0 Å². The maximum atomic E-state index is 12.7. The van der Waals surface area contributed by atoms with Gasteiger partial charge >= 0.3 is 5.97 Å². The molecule has 1 aliphatic heterocycles. The molecule has 0 aromatic carbocycles. The highest BCUT2D eigenvalue weighted by Crippen LogP contribution is 2.52. The number of rotatable bonds is 3. The second kappa shape index (κ2) is 4.78. The minimum Gasteiger partial charge on any atom is -0.480 e. The second-order valence-corrected chi connectivity index (χ2v) is 7.79. The Balaban J connectivity index is 1.97. The van der Waals surface area contributed by atoms with Crippen LogP contribution in [-0.2, 0) is 14.8 Å². The summed E-state index contributed by atoms with van der Waals surface area (Å²) in [6, 6.07) is 2.38. The number of aryl methyl sites for hydroxylation is 1. The molecule has 1 saturated heterocycles. The van der Waals surface area contributed by atoms with Crippen LogP contribution in [0.4, 0.5) is 0 Å². The zero-order valence-electron chi connectivity index (χ0n) is 11.8. The van der Waals surface area contributed by atoms with E-state index in [1.54, 1.807) is 19.1 Å². The SMILES string of the molecule is Cc1cccnc1S(=O)(=O)N1CC2(CCCC2)C1C(=O)O. The molecule has 1 unspecified atom stereocenters. The van der Waals surface area contributed by atoms with Crippen LogP contribution in [0, 0.1) is 12.3 Å². The predicted molar refractivity (Wildman–Crippen MR) is 75.2 cm³/mol. The van der Waals surface area contributed by atoms with E-state index in [0.717, 1.165) is 30.0 Å². The molecule has 1 atom stereocenters. The maximum absolute atomic E-state index is 12.7. The van der Waals surface area contributed by atoms with E-state index in [9.17, 15) is 18.3 Å². The number of pyridine rings is 1. The van der Waals surface area contributed by atoms with Crippen molar-refractivity contribution in [3.8, 4) is 0 Å². The van der Waals surface area contributed by atoms with E-state index < -0.39 is 22.0 Å². The molecule has 21 heavy (non-hydrogen) atoms. The lowest BCUT2D eigenvalue weighted by Crippen LogP contribution is -2.68. The van der Waals surface area contributed by atoms with E-state index in [0.29, 0.717) is 12.1 Å². The van der Waals surface area contributed by atoms with Crippen LogP contribution in [0.25, 0.3) is 0 Å². The molecule has 114 valence electrons. The molecule has 2 aliphatic rings. The third-order valence-electron chi connectivity index (χ3n) is 4.69. The fourth-order valence-corrected chi connectivity index (χ4v) is 5.56. The number of carbonyl (C=O) groups is 1. The Kier molecular flexibility index (Phi) is 3.29. The number of hydrogen-bond acceptors (Lipinski definition) is 4. The summed E-state index contributed by atoms with van der Waals surface area (Å²) in [7, 11) is -3.85. The molecule has 2 heterocycles. The molecule has 1 spiro atoms. The van der Waals surface area contributed by atoms with E-state index >= 15 is 0 Å². The molecular weight excluding hydrogens is 292 g/mol. The second-order valence-electron chi connectivity index (χ2n) is 5.99. The molecule has 1 aromatic rings. The number of aromatic nitrogens is 1. The first-order valence-corrected chi connectivity index (χ1v) is 8.49. The third-order valence-corrected chi connectivity index (χ3v) is 6.56. The first-order valence-electron chi connectivity index (χ1n) is 7.05. The van der Waals surface area contributed by atoms with Gasteiger partial charge in [0.15, 0.2) is 5.03 Å². The third kappa shape index (κ3) is 2.06. The Morgan fingerprint density at radius 2 is 2.10 bits per heavy atom.